The topological polar surface area (TPSA) is 70.8 Å². The van der Waals surface area contributed by atoms with Crippen molar-refractivity contribution in [3.05, 3.63) is 23.2 Å². The Morgan fingerprint density at radius 2 is 2.38 bits per heavy atom. The molecule has 0 unspecified atom stereocenters. The highest BCUT2D eigenvalue weighted by atomic mass is 16.4. The lowest BCUT2D eigenvalue weighted by Gasteiger charge is -2.12. The van der Waals surface area contributed by atoms with Crippen LogP contribution in [-0.4, -0.2) is 28.4 Å². The minimum absolute atomic E-state index is 0.103. The van der Waals surface area contributed by atoms with Crippen molar-refractivity contribution in [3.8, 4) is 0 Å². The van der Waals surface area contributed by atoms with Gasteiger partial charge in [0.15, 0.2) is 0 Å². The highest BCUT2D eigenvalue weighted by Crippen LogP contribution is 2.19. The molecule has 0 atom stereocenters. The number of carbonyl (C=O) groups is 2. The van der Waals surface area contributed by atoms with Crippen LogP contribution in [0.2, 0.25) is 0 Å². The Hall–Kier alpha value is -1.78. The van der Waals surface area contributed by atoms with Crippen molar-refractivity contribution in [2.45, 2.75) is 26.3 Å². The maximum atomic E-state index is 11.4. The minimum Gasteiger partial charge on any atom is -0.478 e. The first kappa shape index (κ1) is 10.7. The number of amides is 1. The van der Waals surface area contributed by atoms with Crippen molar-refractivity contribution in [1.29, 1.82) is 0 Å². The molecule has 86 valence electrons. The molecule has 1 fully saturated rings. The highest BCUT2D eigenvalue weighted by molar-refractivity contribution is 5.88. The first-order chi connectivity index (χ1) is 7.58. The third-order valence-electron chi connectivity index (χ3n) is 2.72. The van der Waals surface area contributed by atoms with Crippen molar-refractivity contribution in [1.82, 2.24) is 4.90 Å². The van der Waals surface area contributed by atoms with Crippen LogP contribution < -0.4 is 0 Å². The van der Waals surface area contributed by atoms with Gasteiger partial charge in [-0.15, -0.1) is 0 Å². The van der Waals surface area contributed by atoms with Gasteiger partial charge in [0.25, 0.3) is 0 Å². The van der Waals surface area contributed by atoms with Gasteiger partial charge in [-0.3, -0.25) is 4.79 Å². The molecular weight excluding hydrogens is 210 g/mol. The fourth-order valence-electron chi connectivity index (χ4n) is 1.89. The van der Waals surface area contributed by atoms with E-state index in [0.717, 1.165) is 13.0 Å². The average Bonchev–Trinajstić information content (AvgIpc) is 2.75. The third kappa shape index (κ3) is 1.93. The molecule has 1 N–H and O–H groups in total. The molecule has 0 aliphatic carbocycles. The fraction of sp³-hybridized carbons (Fsp3) is 0.455. The van der Waals surface area contributed by atoms with E-state index in [4.69, 9.17) is 9.52 Å². The Labute approximate surface area is 92.7 Å². The van der Waals surface area contributed by atoms with E-state index in [1.54, 1.807) is 11.8 Å². The standard InChI is InChI=1S/C11H13NO4/c1-7-9(11(14)15)5-8(16-7)6-12-4-2-3-10(12)13/h5H,2-4,6H2,1H3,(H,14,15). The predicted octanol–water partition coefficient (Wildman–Crippen LogP) is 1.41. The number of aromatic carboxylic acids is 1. The molecule has 1 aromatic rings. The summed E-state index contributed by atoms with van der Waals surface area (Å²) in [4.78, 5) is 23.9. The number of furan rings is 1. The Morgan fingerprint density at radius 1 is 1.62 bits per heavy atom. The Bertz CT molecular complexity index is 435. The van der Waals surface area contributed by atoms with Crippen molar-refractivity contribution in [2.24, 2.45) is 0 Å². The molecule has 1 aliphatic rings. The quantitative estimate of drug-likeness (QED) is 0.841. The van der Waals surface area contributed by atoms with Crippen LogP contribution in [0.5, 0.6) is 0 Å². The molecule has 0 aromatic carbocycles. The number of likely N-dealkylation sites (tertiary alicyclic amines) is 1. The molecule has 0 saturated carbocycles. The van der Waals surface area contributed by atoms with Gasteiger partial charge in [-0.25, -0.2) is 4.79 Å². The van der Waals surface area contributed by atoms with Gasteiger partial charge in [-0.05, 0) is 19.4 Å². The lowest BCUT2D eigenvalue weighted by molar-refractivity contribution is -0.128. The molecule has 1 amide bonds. The summed E-state index contributed by atoms with van der Waals surface area (Å²) in [5.74, 6) is 0.0190. The van der Waals surface area contributed by atoms with Crippen LogP contribution in [0.25, 0.3) is 0 Å². The number of carbonyl (C=O) groups excluding carboxylic acids is 1. The number of hydrogen-bond donors (Lipinski definition) is 1. The van der Waals surface area contributed by atoms with E-state index in [2.05, 4.69) is 0 Å². The largest absolute Gasteiger partial charge is 0.478 e. The number of carboxylic acid groups (broad SMARTS) is 1. The van der Waals surface area contributed by atoms with Crippen LogP contribution >= 0.6 is 0 Å². The van der Waals surface area contributed by atoms with Gasteiger partial charge in [0.05, 0.1) is 6.54 Å². The normalized spacial score (nSPS) is 15.8. The second-order valence-corrected chi connectivity index (χ2v) is 3.91. The summed E-state index contributed by atoms with van der Waals surface area (Å²) >= 11 is 0. The first-order valence-corrected chi connectivity index (χ1v) is 5.18. The lowest BCUT2D eigenvalue weighted by atomic mass is 10.2. The second-order valence-electron chi connectivity index (χ2n) is 3.91. The van der Waals surface area contributed by atoms with Crippen LogP contribution in [0.15, 0.2) is 10.5 Å². The van der Waals surface area contributed by atoms with Gasteiger partial charge in [0.1, 0.15) is 17.1 Å². The minimum atomic E-state index is -1.000. The molecule has 5 heteroatoms. The third-order valence-corrected chi connectivity index (χ3v) is 2.72. The maximum Gasteiger partial charge on any atom is 0.339 e. The molecule has 1 aromatic heterocycles. The second kappa shape index (κ2) is 4.00. The zero-order chi connectivity index (χ0) is 11.7. The van der Waals surface area contributed by atoms with Crippen LogP contribution in [0, 0.1) is 6.92 Å². The molecule has 0 bridgehead atoms. The fourth-order valence-corrected chi connectivity index (χ4v) is 1.89. The van der Waals surface area contributed by atoms with Gasteiger partial charge in [0, 0.05) is 13.0 Å². The van der Waals surface area contributed by atoms with Gasteiger partial charge in [0.2, 0.25) is 5.91 Å². The summed E-state index contributed by atoms with van der Waals surface area (Å²) in [6.45, 7) is 2.70. The molecule has 2 rings (SSSR count). The van der Waals surface area contributed by atoms with Crippen molar-refractivity contribution >= 4 is 11.9 Å². The number of aryl methyl sites for hydroxylation is 1. The average molecular weight is 223 g/mol. The van der Waals surface area contributed by atoms with Crippen LogP contribution in [0.4, 0.5) is 0 Å². The Kier molecular flexibility index (Phi) is 2.68. The van der Waals surface area contributed by atoms with Crippen LogP contribution in [0.1, 0.15) is 34.7 Å². The van der Waals surface area contributed by atoms with Crippen molar-refractivity contribution < 1.29 is 19.1 Å². The predicted molar refractivity (Wildman–Crippen MR) is 55.1 cm³/mol. The summed E-state index contributed by atoms with van der Waals surface area (Å²) < 4.78 is 5.31. The zero-order valence-electron chi connectivity index (χ0n) is 9.02. The van der Waals surface area contributed by atoms with E-state index in [-0.39, 0.29) is 11.5 Å². The number of hydrogen-bond acceptors (Lipinski definition) is 3. The van der Waals surface area contributed by atoms with E-state index < -0.39 is 5.97 Å². The van der Waals surface area contributed by atoms with Gasteiger partial charge in [-0.2, -0.15) is 0 Å². The number of nitrogens with zero attached hydrogens (tertiary/aromatic N) is 1. The SMILES string of the molecule is Cc1oc(CN2CCCC2=O)cc1C(=O)O. The smallest absolute Gasteiger partial charge is 0.339 e. The van der Waals surface area contributed by atoms with E-state index in [0.29, 0.717) is 24.5 Å². The summed E-state index contributed by atoms with van der Waals surface area (Å²) in [6, 6.07) is 1.49. The molecule has 1 saturated heterocycles. The van der Waals surface area contributed by atoms with Crippen LogP contribution in [0.3, 0.4) is 0 Å². The molecule has 16 heavy (non-hydrogen) atoms. The van der Waals surface area contributed by atoms with E-state index in [9.17, 15) is 9.59 Å². The molecule has 0 spiro atoms. The number of rotatable bonds is 3. The van der Waals surface area contributed by atoms with Crippen molar-refractivity contribution in [3.63, 3.8) is 0 Å². The summed E-state index contributed by atoms with van der Waals surface area (Å²) in [5.41, 5.74) is 0.168. The summed E-state index contributed by atoms with van der Waals surface area (Å²) in [7, 11) is 0. The summed E-state index contributed by atoms with van der Waals surface area (Å²) in [6.07, 6.45) is 1.44. The van der Waals surface area contributed by atoms with E-state index >= 15 is 0 Å². The van der Waals surface area contributed by atoms with Gasteiger partial charge < -0.3 is 14.4 Å². The zero-order valence-corrected chi connectivity index (χ0v) is 9.02. The van der Waals surface area contributed by atoms with Crippen molar-refractivity contribution in [2.75, 3.05) is 6.54 Å². The maximum absolute atomic E-state index is 11.4. The molecular formula is C11H13NO4. The molecule has 5 nitrogen and oxygen atoms in total. The van der Waals surface area contributed by atoms with E-state index in [1.807, 2.05) is 0 Å². The Morgan fingerprint density at radius 3 is 2.88 bits per heavy atom. The van der Waals surface area contributed by atoms with Gasteiger partial charge in [-0.1, -0.05) is 0 Å². The highest BCUT2D eigenvalue weighted by Gasteiger charge is 2.22. The lowest BCUT2D eigenvalue weighted by Crippen LogP contribution is -2.23. The summed E-state index contributed by atoms with van der Waals surface area (Å²) in [5, 5.41) is 8.85. The molecule has 1 aliphatic heterocycles. The van der Waals surface area contributed by atoms with Gasteiger partial charge >= 0.3 is 5.97 Å². The van der Waals surface area contributed by atoms with Crippen LogP contribution in [-0.2, 0) is 11.3 Å². The Balaban J connectivity index is 2.13. The monoisotopic (exact) mass is 223 g/mol. The molecule has 2 heterocycles. The molecule has 0 radical (unpaired) electrons. The first-order valence-electron chi connectivity index (χ1n) is 5.18. The van der Waals surface area contributed by atoms with E-state index in [1.165, 1.54) is 6.07 Å². The number of carboxylic acids is 1.